The summed E-state index contributed by atoms with van der Waals surface area (Å²) in [5.41, 5.74) is 1.78. The van der Waals surface area contributed by atoms with Crippen molar-refractivity contribution in [3.8, 4) is 11.5 Å². The van der Waals surface area contributed by atoms with Crippen LogP contribution in [0.3, 0.4) is 0 Å². The van der Waals surface area contributed by atoms with Gasteiger partial charge < -0.3 is 19.7 Å². The molecule has 0 spiro atoms. The predicted molar refractivity (Wildman–Crippen MR) is 102 cm³/mol. The average Bonchev–Trinajstić information content (AvgIpc) is 2.74. The largest absolute Gasteiger partial charge is 0.486 e. The van der Waals surface area contributed by atoms with Gasteiger partial charge in [0.2, 0.25) is 0 Å². The van der Waals surface area contributed by atoms with Gasteiger partial charge in [-0.05, 0) is 61.7 Å². The van der Waals surface area contributed by atoms with E-state index in [1.165, 1.54) is 6.42 Å². The van der Waals surface area contributed by atoms with Gasteiger partial charge in [-0.2, -0.15) is 0 Å². The summed E-state index contributed by atoms with van der Waals surface area (Å²) >= 11 is 0. The second kappa shape index (κ2) is 7.70. The van der Waals surface area contributed by atoms with Crippen LogP contribution in [0, 0.1) is 0 Å². The van der Waals surface area contributed by atoms with Gasteiger partial charge in [0, 0.05) is 29.9 Å². The van der Waals surface area contributed by atoms with Crippen LogP contribution in [0.25, 0.3) is 0 Å². The predicted octanol–water partition coefficient (Wildman–Crippen LogP) is 3.34. The Morgan fingerprint density at radius 2 is 1.48 bits per heavy atom. The number of benzene rings is 2. The first-order valence-corrected chi connectivity index (χ1v) is 9.31. The molecule has 27 heavy (non-hydrogen) atoms. The summed E-state index contributed by atoms with van der Waals surface area (Å²) in [5, 5.41) is 2.85. The van der Waals surface area contributed by atoms with Crippen LogP contribution in [0.2, 0.25) is 0 Å². The van der Waals surface area contributed by atoms with E-state index >= 15 is 0 Å². The van der Waals surface area contributed by atoms with Gasteiger partial charge in [0.1, 0.15) is 13.2 Å². The highest BCUT2D eigenvalue weighted by Crippen LogP contribution is 2.31. The molecule has 4 rings (SSSR count). The quantitative estimate of drug-likeness (QED) is 0.905. The summed E-state index contributed by atoms with van der Waals surface area (Å²) in [6.07, 6.45) is 3.32. The second-order valence-electron chi connectivity index (χ2n) is 6.74. The van der Waals surface area contributed by atoms with Gasteiger partial charge in [0.25, 0.3) is 11.8 Å². The zero-order valence-corrected chi connectivity index (χ0v) is 15.1. The van der Waals surface area contributed by atoms with E-state index in [9.17, 15) is 9.59 Å². The van der Waals surface area contributed by atoms with Crippen molar-refractivity contribution in [3.05, 3.63) is 53.6 Å². The van der Waals surface area contributed by atoms with Crippen molar-refractivity contribution in [3.63, 3.8) is 0 Å². The van der Waals surface area contributed by atoms with Gasteiger partial charge in [0.15, 0.2) is 11.5 Å². The first kappa shape index (κ1) is 17.4. The minimum Gasteiger partial charge on any atom is -0.486 e. The Hall–Kier alpha value is -3.02. The van der Waals surface area contributed by atoms with E-state index in [1.807, 2.05) is 4.90 Å². The molecule has 2 heterocycles. The van der Waals surface area contributed by atoms with Crippen LogP contribution >= 0.6 is 0 Å². The van der Waals surface area contributed by atoms with Crippen LogP contribution in [0.5, 0.6) is 11.5 Å². The van der Waals surface area contributed by atoms with E-state index in [0.29, 0.717) is 41.5 Å². The molecule has 1 fully saturated rings. The molecular weight excluding hydrogens is 344 g/mol. The summed E-state index contributed by atoms with van der Waals surface area (Å²) in [4.78, 5) is 26.9. The standard InChI is InChI=1S/C21H22N2O4/c24-20(16-6-9-18-19(14-16)27-13-12-26-18)22-17-7-4-15(5-8-17)21(25)23-10-2-1-3-11-23/h4-9,14H,1-3,10-13H2,(H,22,24). The van der Waals surface area contributed by atoms with Crippen molar-refractivity contribution in [2.45, 2.75) is 19.3 Å². The number of carbonyl (C=O) groups excluding carboxylic acids is 2. The number of carbonyl (C=O) groups is 2. The normalized spacial score (nSPS) is 15.9. The lowest BCUT2D eigenvalue weighted by atomic mass is 10.1. The van der Waals surface area contributed by atoms with Gasteiger partial charge in [-0.3, -0.25) is 9.59 Å². The van der Waals surface area contributed by atoms with Gasteiger partial charge in [-0.1, -0.05) is 0 Å². The van der Waals surface area contributed by atoms with E-state index in [4.69, 9.17) is 9.47 Å². The first-order chi connectivity index (χ1) is 13.2. The monoisotopic (exact) mass is 366 g/mol. The van der Waals surface area contributed by atoms with Crippen molar-refractivity contribution < 1.29 is 19.1 Å². The third-order valence-electron chi connectivity index (χ3n) is 4.84. The molecule has 6 nitrogen and oxygen atoms in total. The maximum Gasteiger partial charge on any atom is 0.255 e. The fourth-order valence-electron chi connectivity index (χ4n) is 3.36. The number of rotatable bonds is 3. The van der Waals surface area contributed by atoms with Crippen molar-refractivity contribution in [1.29, 1.82) is 0 Å². The Kier molecular flexibility index (Phi) is 4.96. The Morgan fingerprint density at radius 1 is 0.815 bits per heavy atom. The fourth-order valence-corrected chi connectivity index (χ4v) is 3.36. The lowest BCUT2D eigenvalue weighted by Crippen LogP contribution is -2.35. The minimum atomic E-state index is -0.234. The zero-order valence-electron chi connectivity index (χ0n) is 15.1. The van der Waals surface area contributed by atoms with Crippen LogP contribution in [0.1, 0.15) is 40.0 Å². The molecule has 0 unspecified atom stereocenters. The maximum absolute atomic E-state index is 12.5. The second-order valence-corrected chi connectivity index (χ2v) is 6.74. The van der Waals surface area contributed by atoms with Crippen molar-refractivity contribution in [2.24, 2.45) is 0 Å². The fraction of sp³-hybridized carbons (Fsp3) is 0.333. The van der Waals surface area contributed by atoms with Gasteiger partial charge in [-0.25, -0.2) is 0 Å². The van der Waals surface area contributed by atoms with Crippen molar-refractivity contribution in [1.82, 2.24) is 4.90 Å². The van der Waals surface area contributed by atoms with Crippen LogP contribution in [0.4, 0.5) is 5.69 Å². The number of hydrogen-bond donors (Lipinski definition) is 1. The molecule has 6 heteroatoms. The molecule has 0 atom stereocenters. The molecule has 0 aromatic heterocycles. The van der Waals surface area contributed by atoms with Crippen molar-refractivity contribution >= 4 is 17.5 Å². The SMILES string of the molecule is O=C(Nc1ccc(C(=O)N2CCCCC2)cc1)c1ccc2c(c1)OCCO2. The molecule has 0 aliphatic carbocycles. The van der Waals surface area contributed by atoms with E-state index in [-0.39, 0.29) is 11.8 Å². The number of piperidine rings is 1. The molecule has 2 aromatic rings. The van der Waals surface area contributed by atoms with Gasteiger partial charge >= 0.3 is 0 Å². The Morgan fingerprint density at radius 3 is 2.22 bits per heavy atom. The molecular formula is C21H22N2O4. The number of nitrogens with zero attached hydrogens (tertiary/aromatic N) is 1. The Labute approximate surface area is 158 Å². The summed E-state index contributed by atoms with van der Waals surface area (Å²) in [6.45, 7) is 2.63. The number of amides is 2. The molecule has 1 saturated heterocycles. The average molecular weight is 366 g/mol. The zero-order chi connectivity index (χ0) is 18.6. The van der Waals surface area contributed by atoms with Crippen molar-refractivity contribution in [2.75, 3.05) is 31.6 Å². The molecule has 0 bridgehead atoms. The highest BCUT2D eigenvalue weighted by molar-refractivity contribution is 6.05. The summed E-state index contributed by atoms with van der Waals surface area (Å²) in [6, 6.07) is 12.2. The number of likely N-dealkylation sites (tertiary alicyclic amines) is 1. The summed E-state index contributed by atoms with van der Waals surface area (Å²) < 4.78 is 11.0. The molecule has 2 aliphatic rings. The Bertz CT molecular complexity index is 842. The smallest absolute Gasteiger partial charge is 0.255 e. The molecule has 2 amide bonds. The highest BCUT2D eigenvalue weighted by atomic mass is 16.6. The molecule has 0 radical (unpaired) electrons. The maximum atomic E-state index is 12.5. The molecule has 2 aromatic carbocycles. The van der Waals surface area contributed by atoms with Crippen LogP contribution in [0.15, 0.2) is 42.5 Å². The third kappa shape index (κ3) is 3.89. The Balaban J connectivity index is 1.42. The van der Waals surface area contributed by atoms with Crippen LogP contribution in [-0.4, -0.2) is 43.0 Å². The number of hydrogen-bond acceptors (Lipinski definition) is 4. The van der Waals surface area contributed by atoms with Crippen LogP contribution < -0.4 is 14.8 Å². The molecule has 0 saturated carbocycles. The lowest BCUT2D eigenvalue weighted by molar-refractivity contribution is 0.0724. The molecule has 2 aliphatic heterocycles. The first-order valence-electron chi connectivity index (χ1n) is 9.31. The topological polar surface area (TPSA) is 67.9 Å². The number of anilines is 1. The van der Waals surface area contributed by atoms with E-state index in [0.717, 1.165) is 25.9 Å². The highest BCUT2D eigenvalue weighted by Gasteiger charge is 2.18. The number of ether oxygens (including phenoxy) is 2. The number of nitrogens with one attached hydrogen (secondary N) is 1. The summed E-state index contributed by atoms with van der Waals surface area (Å²) in [7, 11) is 0. The van der Waals surface area contributed by atoms with Gasteiger partial charge in [-0.15, -0.1) is 0 Å². The summed E-state index contributed by atoms with van der Waals surface area (Å²) in [5.74, 6) is 1.05. The lowest BCUT2D eigenvalue weighted by Gasteiger charge is -2.26. The third-order valence-corrected chi connectivity index (χ3v) is 4.84. The van der Waals surface area contributed by atoms with E-state index in [1.54, 1.807) is 42.5 Å². The van der Waals surface area contributed by atoms with Gasteiger partial charge in [0.05, 0.1) is 0 Å². The van der Waals surface area contributed by atoms with E-state index < -0.39 is 0 Å². The minimum absolute atomic E-state index is 0.0550. The number of fused-ring (bicyclic) bond motifs is 1. The molecule has 1 N–H and O–H groups in total. The molecule has 140 valence electrons. The van der Waals surface area contributed by atoms with Crippen LogP contribution in [-0.2, 0) is 0 Å². The van der Waals surface area contributed by atoms with E-state index in [2.05, 4.69) is 5.32 Å².